The zero-order chi connectivity index (χ0) is 19.3. The first-order valence-electron chi connectivity index (χ1n) is 9.87. The summed E-state index contributed by atoms with van der Waals surface area (Å²) in [5, 5.41) is 0.758. The topological polar surface area (TPSA) is 41.4 Å². The molecule has 5 nitrogen and oxygen atoms in total. The second-order valence-corrected chi connectivity index (χ2v) is 8.29. The summed E-state index contributed by atoms with van der Waals surface area (Å²) in [6.07, 6.45) is 7.06. The minimum Gasteiger partial charge on any atom is -0.297 e. The van der Waals surface area contributed by atoms with Crippen molar-refractivity contribution in [2.75, 3.05) is 32.7 Å². The highest BCUT2D eigenvalue weighted by atomic mass is 32.1. The minimum atomic E-state index is 0.0779. The van der Waals surface area contributed by atoms with Crippen LogP contribution in [0.25, 0.3) is 16.3 Å². The van der Waals surface area contributed by atoms with Crippen LogP contribution in [-0.2, 0) is 13.1 Å². The Hall–Kier alpha value is -2.28. The number of hydrogen-bond donors (Lipinski definition) is 0. The molecule has 0 saturated carbocycles. The largest absolute Gasteiger partial charge is 0.297 e. The quantitative estimate of drug-likeness (QED) is 0.643. The Morgan fingerprint density at radius 1 is 1.11 bits per heavy atom. The lowest BCUT2D eigenvalue weighted by Gasteiger charge is -2.34. The second kappa shape index (κ2) is 8.82. The molecule has 1 aliphatic rings. The highest BCUT2D eigenvalue weighted by molar-refractivity contribution is 7.18. The summed E-state index contributed by atoms with van der Waals surface area (Å²) in [4.78, 5) is 24.1. The third-order valence-electron chi connectivity index (χ3n) is 5.21. The standard InChI is InChI=1S/C22H26N4OS/c1-2-19-15-20-21(28-19)23-16-26(22(20)27)17-25-13-11-24(12-14-25)10-6-9-18-7-4-3-5-8-18/h3-9,15-16H,2,10-14,17H2,1H3/b9-6+. The van der Waals surface area contributed by atoms with Crippen LogP contribution in [-0.4, -0.2) is 52.1 Å². The van der Waals surface area contributed by atoms with Crippen molar-refractivity contribution in [3.63, 3.8) is 0 Å². The summed E-state index contributed by atoms with van der Waals surface area (Å²) in [7, 11) is 0. The summed E-state index contributed by atoms with van der Waals surface area (Å²) < 4.78 is 1.75. The van der Waals surface area contributed by atoms with E-state index in [0.717, 1.165) is 49.4 Å². The second-order valence-electron chi connectivity index (χ2n) is 7.18. The number of thiophene rings is 1. The average Bonchev–Trinajstić information content (AvgIpc) is 3.16. The predicted molar refractivity (Wildman–Crippen MR) is 117 cm³/mol. The van der Waals surface area contributed by atoms with Crippen molar-refractivity contribution in [3.05, 3.63) is 69.6 Å². The van der Waals surface area contributed by atoms with E-state index in [0.29, 0.717) is 6.67 Å². The summed E-state index contributed by atoms with van der Waals surface area (Å²) in [6.45, 7) is 7.65. The molecular weight excluding hydrogens is 368 g/mol. The number of hydrogen-bond acceptors (Lipinski definition) is 5. The molecular formula is C22H26N4OS. The van der Waals surface area contributed by atoms with Gasteiger partial charge in [0.05, 0.1) is 12.1 Å². The molecule has 3 heterocycles. The van der Waals surface area contributed by atoms with Crippen molar-refractivity contribution < 1.29 is 0 Å². The first kappa shape index (κ1) is 19.1. The van der Waals surface area contributed by atoms with Gasteiger partial charge in [-0.3, -0.25) is 19.2 Å². The van der Waals surface area contributed by atoms with Crippen molar-refractivity contribution in [2.45, 2.75) is 20.0 Å². The Kier molecular flexibility index (Phi) is 6.00. The van der Waals surface area contributed by atoms with E-state index in [2.05, 4.69) is 58.1 Å². The summed E-state index contributed by atoms with van der Waals surface area (Å²) in [5.41, 5.74) is 1.32. The van der Waals surface area contributed by atoms with Crippen LogP contribution in [0.2, 0.25) is 0 Å². The van der Waals surface area contributed by atoms with E-state index in [4.69, 9.17) is 0 Å². The fraction of sp³-hybridized carbons (Fsp3) is 0.364. The highest BCUT2D eigenvalue weighted by Gasteiger charge is 2.17. The van der Waals surface area contributed by atoms with Crippen molar-refractivity contribution in [1.82, 2.24) is 19.4 Å². The number of benzene rings is 1. The SMILES string of the molecule is CCc1cc2c(=O)n(CN3CCN(C/C=C/c4ccccc4)CC3)cnc2s1. The van der Waals surface area contributed by atoms with Gasteiger partial charge in [0.1, 0.15) is 11.2 Å². The van der Waals surface area contributed by atoms with Crippen molar-refractivity contribution in [1.29, 1.82) is 0 Å². The molecule has 0 amide bonds. The number of aryl methyl sites for hydroxylation is 1. The lowest BCUT2D eigenvalue weighted by Crippen LogP contribution is -2.47. The molecule has 0 atom stereocenters. The molecule has 0 N–H and O–H groups in total. The normalized spacial score (nSPS) is 16.3. The van der Waals surface area contributed by atoms with Gasteiger partial charge in [-0.2, -0.15) is 0 Å². The van der Waals surface area contributed by atoms with Crippen LogP contribution < -0.4 is 5.56 Å². The predicted octanol–water partition coefficient (Wildman–Crippen LogP) is 3.31. The molecule has 0 bridgehead atoms. The van der Waals surface area contributed by atoms with Crippen LogP contribution in [0.4, 0.5) is 0 Å². The van der Waals surface area contributed by atoms with Crippen molar-refractivity contribution in [3.8, 4) is 0 Å². The van der Waals surface area contributed by atoms with Crippen LogP contribution >= 0.6 is 11.3 Å². The van der Waals surface area contributed by atoms with E-state index in [1.54, 1.807) is 22.2 Å². The van der Waals surface area contributed by atoms with Gasteiger partial charge in [0, 0.05) is 37.6 Å². The third-order valence-corrected chi connectivity index (χ3v) is 6.40. The highest BCUT2D eigenvalue weighted by Crippen LogP contribution is 2.21. The molecule has 0 aliphatic carbocycles. The van der Waals surface area contributed by atoms with Crippen LogP contribution in [0.3, 0.4) is 0 Å². The Morgan fingerprint density at radius 2 is 1.86 bits per heavy atom. The molecule has 1 aliphatic heterocycles. The molecule has 28 heavy (non-hydrogen) atoms. The van der Waals surface area contributed by atoms with Gasteiger partial charge in [-0.15, -0.1) is 11.3 Å². The summed E-state index contributed by atoms with van der Waals surface area (Å²) >= 11 is 1.62. The lowest BCUT2D eigenvalue weighted by molar-refractivity contribution is 0.114. The van der Waals surface area contributed by atoms with E-state index >= 15 is 0 Å². The molecule has 0 radical (unpaired) electrons. The summed E-state index contributed by atoms with van der Waals surface area (Å²) in [5.74, 6) is 0. The van der Waals surface area contributed by atoms with Gasteiger partial charge in [0.25, 0.3) is 5.56 Å². The Bertz CT molecular complexity index is 1000. The number of rotatable bonds is 6. The van der Waals surface area contributed by atoms with Crippen molar-refractivity contribution >= 4 is 27.6 Å². The molecule has 3 aromatic rings. The van der Waals surface area contributed by atoms with E-state index in [9.17, 15) is 4.79 Å². The zero-order valence-corrected chi connectivity index (χ0v) is 17.1. The zero-order valence-electron chi connectivity index (χ0n) is 16.3. The van der Waals surface area contributed by atoms with Crippen LogP contribution in [0, 0.1) is 0 Å². The molecule has 1 saturated heterocycles. The van der Waals surface area contributed by atoms with Crippen LogP contribution in [0.15, 0.2) is 53.6 Å². The van der Waals surface area contributed by atoms with Gasteiger partial charge in [0.2, 0.25) is 0 Å². The maximum Gasteiger partial charge on any atom is 0.263 e. The molecule has 0 spiro atoms. The van der Waals surface area contributed by atoms with E-state index in [1.165, 1.54) is 10.4 Å². The Balaban J connectivity index is 1.32. The number of nitrogens with zero attached hydrogens (tertiary/aromatic N) is 4. The number of piperazine rings is 1. The maximum absolute atomic E-state index is 12.8. The molecule has 4 rings (SSSR count). The van der Waals surface area contributed by atoms with E-state index in [1.807, 2.05) is 12.1 Å². The lowest BCUT2D eigenvalue weighted by atomic mass is 10.2. The average molecular weight is 395 g/mol. The van der Waals surface area contributed by atoms with Crippen molar-refractivity contribution in [2.24, 2.45) is 0 Å². The van der Waals surface area contributed by atoms with Gasteiger partial charge in [0.15, 0.2) is 0 Å². The molecule has 0 unspecified atom stereocenters. The minimum absolute atomic E-state index is 0.0779. The first-order chi connectivity index (χ1) is 13.7. The van der Waals surface area contributed by atoms with Crippen LogP contribution in [0.5, 0.6) is 0 Å². The number of fused-ring (bicyclic) bond motifs is 1. The fourth-order valence-corrected chi connectivity index (χ4v) is 4.44. The Labute approximate surface area is 169 Å². The van der Waals surface area contributed by atoms with Gasteiger partial charge in [-0.25, -0.2) is 4.98 Å². The number of aromatic nitrogens is 2. The molecule has 146 valence electrons. The Morgan fingerprint density at radius 3 is 2.61 bits per heavy atom. The smallest absolute Gasteiger partial charge is 0.263 e. The van der Waals surface area contributed by atoms with Gasteiger partial charge in [-0.05, 0) is 18.1 Å². The summed E-state index contributed by atoms with van der Waals surface area (Å²) in [6, 6.07) is 12.4. The molecule has 2 aromatic heterocycles. The van der Waals surface area contributed by atoms with E-state index in [-0.39, 0.29) is 5.56 Å². The fourth-order valence-electron chi connectivity index (χ4n) is 3.52. The molecule has 1 fully saturated rings. The van der Waals surface area contributed by atoms with Gasteiger partial charge < -0.3 is 0 Å². The monoisotopic (exact) mass is 394 g/mol. The van der Waals surface area contributed by atoms with Crippen LogP contribution in [0.1, 0.15) is 17.4 Å². The maximum atomic E-state index is 12.8. The van der Waals surface area contributed by atoms with Gasteiger partial charge >= 0.3 is 0 Å². The molecule has 1 aromatic carbocycles. The third kappa shape index (κ3) is 4.41. The molecule has 6 heteroatoms. The van der Waals surface area contributed by atoms with E-state index < -0.39 is 0 Å². The van der Waals surface area contributed by atoms with Gasteiger partial charge in [-0.1, -0.05) is 49.4 Å². The first-order valence-corrected chi connectivity index (χ1v) is 10.7.